The predicted molar refractivity (Wildman–Crippen MR) is 170 cm³/mol. The molecule has 0 aliphatic carbocycles. The highest BCUT2D eigenvalue weighted by molar-refractivity contribution is 9.10. The molecule has 3 aromatic carbocycles. The summed E-state index contributed by atoms with van der Waals surface area (Å²) >= 11 is 4.80. The lowest BCUT2D eigenvalue weighted by Gasteiger charge is -2.23. The maximum atomic E-state index is 13.9. The Morgan fingerprint density at radius 3 is 2.43 bits per heavy atom. The van der Waals surface area contributed by atoms with Crippen molar-refractivity contribution >= 4 is 39.3 Å². The highest BCUT2D eigenvalue weighted by Crippen LogP contribution is 2.35. The number of fused-ring (bicyclic) bond motifs is 1. The van der Waals surface area contributed by atoms with Crippen molar-refractivity contribution in [3.05, 3.63) is 119 Å². The molecule has 0 amide bonds. The number of nitrogens with zero attached hydrogens (tertiary/aromatic N) is 3. The largest absolute Gasteiger partial charge is 0.490 e. The quantitative estimate of drug-likeness (QED) is 0.217. The number of esters is 1. The van der Waals surface area contributed by atoms with Gasteiger partial charge < -0.3 is 18.9 Å². The normalized spacial score (nSPS) is 14.1. The molecule has 5 rings (SSSR count). The number of ether oxygens (including phenoxy) is 4. The topological polar surface area (TPSA) is 112 Å². The standard InChI is InChI=1S/C33H28BrN3O6S/c1-4-41-27-13-11-23(16-28(27)42-5-2)30-24(32(39)40-3)18-36-33-37(30)31(38)29(44-33)15-22-10-12-26(25(34)14-22)43-19-21-8-6-20(17-35)7-9-21/h6-16,18,30H,4-5,19H2,1-3H3/b29-15+/t30-/m1/s1. The number of carbonyl (C=O) groups excluding carboxylic acids is 1. The third kappa shape index (κ3) is 6.46. The number of hydrogen-bond acceptors (Lipinski definition) is 9. The fourth-order valence-electron chi connectivity index (χ4n) is 4.70. The molecule has 1 aliphatic rings. The van der Waals surface area contributed by atoms with Crippen molar-refractivity contribution < 1.29 is 23.7 Å². The van der Waals surface area contributed by atoms with Crippen LogP contribution >= 0.6 is 27.3 Å². The Morgan fingerprint density at radius 2 is 1.75 bits per heavy atom. The molecule has 0 spiro atoms. The predicted octanol–water partition coefficient (Wildman–Crippen LogP) is 5.03. The first kappa shape index (κ1) is 30.8. The molecule has 0 saturated carbocycles. The number of carbonyl (C=O) groups is 1. The molecular formula is C33H28BrN3O6S. The van der Waals surface area contributed by atoms with Crippen molar-refractivity contribution in [3.63, 3.8) is 0 Å². The molecule has 1 aliphatic heterocycles. The van der Waals surface area contributed by atoms with Crippen LogP contribution in [0.4, 0.5) is 0 Å². The second-order valence-electron chi connectivity index (χ2n) is 9.54. The summed E-state index contributed by atoms with van der Waals surface area (Å²) in [6.07, 6.45) is 3.24. The molecule has 44 heavy (non-hydrogen) atoms. The SMILES string of the molecule is CCOc1ccc([C@@H]2C(C(=O)OC)=CN=c3s/c(=C/c4ccc(OCc5ccc(C#N)cc5)c(Br)c4)c(=O)n32)cc1OCC. The van der Waals surface area contributed by atoms with Crippen LogP contribution < -0.4 is 29.1 Å². The van der Waals surface area contributed by atoms with Crippen LogP contribution in [0.15, 0.2) is 86.7 Å². The van der Waals surface area contributed by atoms with Crippen LogP contribution in [0.2, 0.25) is 0 Å². The molecular weight excluding hydrogens is 646 g/mol. The van der Waals surface area contributed by atoms with E-state index >= 15 is 0 Å². The maximum Gasteiger partial charge on any atom is 0.337 e. The van der Waals surface area contributed by atoms with Crippen LogP contribution in [-0.2, 0) is 16.1 Å². The van der Waals surface area contributed by atoms with Crippen LogP contribution in [0, 0.1) is 11.3 Å². The Morgan fingerprint density at radius 1 is 1.02 bits per heavy atom. The summed E-state index contributed by atoms with van der Waals surface area (Å²) in [4.78, 5) is 31.6. The van der Waals surface area contributed by atoms with Gasteiger partial charge in [-0.3, -0.25) is 9.36 Å². The Balaban J connectivity index is 1.49. The molecule has 0 fully saturated rings. The molecule has 4 aromatic rings. The van der Waals surface area contributed by atoms with Crippen LogP contribution in [0.3, 0.4) is 0 Å². The molecule has 0 saturated heterocycles. The molecule has 224 valence electrons. The zero-order valence-corrected chi connectivity index (χ0v) is 26.6. The summed E-state index contributed by atoms with van der Waals surface area (Å²) in [5.74, 6) is 1.14. The van der Waals surface area contributed by atoms with E-state index in [9.17, 15) is 9.59 Å². The van der Waals surface area contributed by atoms with Gasteiger partial charge in [-0.15, -0.1) is 0 Å². The lowest BCUT2D eigenvalue weighted by molar-refractivity contribution is -0.136. The number of nitriles is 1. The van der Waals surface area contributed by atoms with Gasteiger partial charge in [0.15, 0.2) is 16.3 Å². The van der Waals surface area contributed by atoms with E-state index in [1.807, 2.05) is 50.2 Å². The highest BCUT2D eigenvalue weighted by atomic mass is 79.9. The second-order valence-corrected chi connectivity index (χ2v) is 11.4. The monoisotopic (exact) mass is 673 g/mol. The zero-order valence-electron chi connectivity index (χ0n) is 24.2. The van der Waals surface area contributed by atoms with Gasteiger partial charge >= 0.3 is 5.97 Å². The Bertz CT molecular complexity index is 1960. The molecule has 0 bridgehead atoms. The molecule has 1 aromatic heterocycles. The van der Waals surface area contributed by atoms with E-state index in [0.29, 0.717) is 57.5 Å². The van der Waals surface area contributed by atoms with Gasteiger partial charge in [-0.1, -0.05) is 35.6 Å². The van der Waals surface area contributed by atoms with E-state index in [2.05, 4.69) is 27.0 Å². The lowest BCUT2D eigenvalue weighted by atomic mass is 9.97. The Kier molecular flexibility index (Phi) is 9.62. The summed E-state index contributed by atoms with van der Waals surface area (Å²) in [6.45, 7) is 4.97. The van der Waals surface area contributed by atoms with E-state index in [-0.39, 0.29) is 11.1 Å². The Hall–Kier alpha value is -4.66. The minimum atomic E-state index is -0.777. The van der Waals surface area contributed by atoms with E-state index in [1.54, 1.807) is 30.3 Å². The fourth-order valence-corrected chi connectivity index (χ4v) is 6.18. The van der Waals surface area contributed by atoms with Crippen molar-refractivity contribution in [3.8, 4) is 23.3 Å². The summed E-state index contributed by atoms with van der Waals surface area (Å²) in [5, 5.41) is 8.99. The van der Waals surface area contributed by atoms with Crippen LogP contribution in [0.1, 0.15) is 42.1 Å². The number of rotatable bonds is 10. The van der Waals surface area contributed by atoms with E-state index < -0.39 is 12.0 Å². The fraction of sp³-hybridized carbons (Fsp3) is 0.212. The molecule has 0 radical (unpaired) electrons. The molecule has 11 heteroatoms. The molecule has 2 heterocycles. The van der Waals surface area contributed by atoms with E-state index in [1.165, 1.54) is 29.2 Å². The van der Waals surface area contributed by atoms with Crippen molar-refractivity contribution in [2.24, 2.45) is 4.99 Å². The summed E-state index contributed by atoms with van der Waals surface area (Å²) in [5.41, 5.74) is 2.89. The van der Waals surface area contributed by atoms with Gasteiger partial charge in [0.25, 0.3) is 5.56 Å². The number of halogens is 1. The number of methoxy groups -OCH3 is 1. The summed E-state index contributed by atoms with van der Waals surface area (Å²) in [6, 6.07) is 19.4. The molecule has 0 N–H and O–H groups in total. The number of hydrogen-bond donors (Lipinski definition) is 0. The zero-order chi connectivity index (χ0) is 31.2. The average molecular weight is 675 g/mol. The van der Waals surface area contributed by atoms with Crippen molar-refractivity contribution in [2.45, 2.75) is 26.5 Å². The van der Waals surface area contributed by atoms with Gasteiger partial charge in [-0.25, -0.2) is 9.79 Å². The first-order valence-electron chi connectivity index (χ1n) is 13.8. The summed E-state index contributed by atoms with van der Waals surface area (Å²) in [7, 11) is 1.30. The third-order valence-electron chi connectivity index (χ3n) is 6.74. The first-order chi connectivity index (χ1) is 21.4. The van der Waals surface area contributed by atoms with Gasteiger partial charge in [0, 0.05) is 6.20 Å². The minimum absolute atomic E-state index is 0.226. The van der Waals surface area contributed by atoms with Gasteiger partial charge in [0.1, 0.15) is 12.4 Å². The minimum Gasteiger partial charge on any atom is -0.490 e. The van der Waals surface area contributed by atoms with Crippen molar-refractivity contribution in [2.75, 3.05) is 20.3 Å². The lowest BCUT2D eigenvalue weighted by Crippen LogP contribution is -2.39. The summed E-state index contributed by atoms with van der Waals surface area (Å²) < 4.78 is 25.2. The second kappa shape index (κ2) is 13.8. The van der Waals surface area contributed by atoms with Crippen molar-refractivity contribution in [1.82, 2.24) is 4.57 Å². The first-order valence-corrected chi connectivity index (χ1v) is 15.4. The average Bonchev–Trinajstić information content (AvgIpc) is 3.35. The molecule has 9 nitrogen and oxygen atoms in total. The molecule has 0 unspecified atom stereocenters. The smallest absolute Gasteiger partial charge is 0.337 e. The maximum absolute atomic E-state index is 13.9. The highest BCUT2D eigenvalue weighted by Gasteiger charge is 2.31. The van der Waals surface area contributed by atoms with E-state index in [0.717, 1.165) is 15.6 Å². The van der Waals surface area contributed by atoms with Crippen LogP contribution in [0.25, 0.3) is 6.08 Å². The number of thiazole rings is 1. The third-order valence-corrected chi connectivity index (χ3v) is 8.36. The molecule has 1 atom stereocenters. The van der Waals surface area contributed by atoms with Crippen LogP contribution in [0.5, 0.6) is 17.2 Å². The van der Waals surface area contributed by atoms with Gasteiger partial charge in [-0.05, 0) is 88.9 Å². The number of benzene rings is 3. The van der Waals surface area contributed by atoms with E-state index in [4.69, 9.17) is 24.2 Å². The van der Waals surface area contributed by atoms with Crippen molar-refractivity contribution in [1.29, 1.82) is 5.26 Å². The van der Waals surface area contributed by atoms with Gasteiger partial charge in [-0.2, -0.15) is 5.26 Å². The van der Waals surface area contributed by atoms with Crippen LogP contribution in [-0.4, -0.2) is 30.9 Å². The number of aromatic nitrogens is 1. The Labute approximate surface area is 266 Å². The van der Waals surface area contributed by atoms with Gasteiger partial charge in [0.05, 0.1) is 52.6 Å². The van der Waals surface area contributed by atoms with Gasteiger partial charge in [0.2, 0.25) is 0 Å².